The van der Waals surface area contributed by atoms with Crippen molar-refractivity contribution in [3.05, 3.63) is 35.7 Å². The number of Topliss-reactive ketones (excluding diaryl/α,β-unsaturated/α-hetero) is 2. The first-order valence-corrected chi connectivity index (χ1v) is 5.90. The summed E-state index contributed by atoms with van der Waals surface area (Å²) in [5.74, 6) is -1.14. The first kappa shape index (κ1) is 13.1. The Labute approximate surface area is 110 Å². The second-order valence-corrected chi connectivity index (χ2v) is 4.48. The van der Waals surface area contributed by atoms with Gasteiger partial charge in [-0.25, -0.2) is 0 Å². The van der Waals surface area contributed by atoms with Crippen molar-refractivity contribution in [1.29, 1.82) is 0 Å². The Hall–Kier alpha value is -2.30. The topological polar surface area (TPSA) is 73.1 Å². The molecule has 0 aliphatic rings. The molecule has 0 bridgehead atoms. The molecule has 0 aliphatic heterocycles. The number of nitrogens with zero attached hydrogens (tertiary/aromatic N) is 2. The fraction of sp³-hybridized carbons (Fsp3) is 0.286. The maximum Gasteiger partial charge on any atom is 0.245 e. The van der Waals surface area contributed by atoms with Crippen molar-refractivity contribution in [1.82, 2.24) is 10.1 Å². The summed E-state index contributed by atoms with van der Waals surface area (Å²) in [6.45, 7) is 4.65. The minimum atomic E-state index is -0.966. The highest BCUT2D eigenvalue weighted by molar-refractivity contribution is 6.04. The second-order valence-electron chi connectivity index (χ2n) is 4.48. The number of carbonyl (C=O) groups is 2. The summed E-state index contributed by atoms with van der Waals surface area (Å²) in [5.41, 5.74) is 1.91. The fourth-order valence-electron chi connectivity index (χ4n) is 1.81. The maximum absolute atomic E-state index is 11.4. The van der Waals surface area contributed by atoms with E-state index in [-0.39, 0.29) is 17.5 Å². The molecule has 5 heteroatoms. The highest BCUT2D eigenvalue weighted by Gasteiger charge is 2.28. The average Bonchev–Trinajstić information content (AvgIpc) is 2.78. The summed E-state index contributed by atoms with van der Waals surface area (Å²) in [6, 6.07) is 7.58. The van der Waals surface area contributed by atoms with Crippen molar-refractivity contribution in [2.45, 2.75) is 26.7 Å². The van der Waals surface area contributed by atoms with Gasteiger partial charge in [0.2, 0.25) is 11.7 Å². The first-order chi connectivity index (χ1) is 8.99. The summed E-state index contributed by atoms with van der Waals surface area (Å²) in [7, 11) is 0. The van der Waals surface area contributed by atoms with Gasteiger partial charge in [-0.15, -0.1) is 0 Å². The van der Waals surface area contributed by atoms with E-state index in [2.05, 4.69) is 10.1 Å². The van der Waals surface area contributed by atoms with Gasteiger partial charge in [0.05, 0.1) is 0 Å². The van der Waals surface area contributed by atoms with Gasteiger partial charge in [0.15, 0.2) is 5.92 Å². The van der Waals surface area contributed by atoms with Crippen LogP contribution in [0.3, 0.4) is 0 Å². The van der Waals surface area contributed by atoms with E-state index in [4.69, 9.17) is 4.52 Å². The molecule has 0 saturated heterocycles. The Kier molecular flexibility index (Phi) is 3.55. The van der Waals surface area contributed by atoms with Crippen molar-refractivity contribution < 1.29 is 14.1 Å². The van der Waals surface area contributed by atoms with E-state index >= 15 is 0 Å². The molecule has 5 nitrogen and oxygen atoms in total. The van der Waals surface area contributed by atoms with E-state index in [0.29, 0.717) is 5.82 Å². The number of hydrogen-bond acceptors (Lipinski definition) is 5. The van der Waals surface area contributed by atoms with Crippen molar-refractivity contribution in [2.75, 3.05) is 0 Å². The van der Waals surface area contributed by atoms with Gasteiger partial charge in [0.25, 0.3) is 0 Å². The number of carbonyl (C=O) groups excluding carboxylic acids is 2. The van der Waals surface area contributed by atoms with E-state index in [1.165, 1.54) is 13.8 Å². The van der Waals surface area contributed by atoms with Gasteiger partial charge in [0.1, 0.15) is 11.6 Å². The van der Waals surface area contributed by atoms with Crippen LogP contribution < -0.4 is 0 Å². The van der Waals surface area contributed by atoms with Crippen LogP contribution in [0.25, 0.3) is 11.4 Å². The Balaban J connectivity index is 2.35. The van der Waals surface area contributed by atoms with Gasteiger partial charge in [0, 0.05) is 5.56 Å². The molecule has 0 amide bonds. The Morgan fingerprint density at radius 3 is 2.21 bits per heavy atom. The lowest BCUT2D eigenvalue weighted by atomic mass is 10.0. The second kappa shape index (κ2) is 5.14. The van der Waals surface area contributed by atoms with Gasteiger partial charge in [-0.3, -0.25) is 9.59 Å². The molecule has 0 fully saturated rings. The number of aromatic nitrogens is 2. The number of aryl methyl sites for hydroxylation is 1. The lowest BCUT2D eigenvalue weighted by Crippen LogP contribution is -2.17. The van der Waals surface area contributed by atoms with Crippen LogP contribution >= 0.6 is 0 Å². The van der Waals surface area contributed by atoms with Crippen LogP contribution in [0.15, 0.2) is 28.8 Å². The van der Waals surface area contributed by atoms with Crippen molar-refractivity contribution in [3.8, 4) is 11.4 Å². The smallest absolute Gasteiger partial charge is 0.245 e. The van der Waals surface area contributed by atoms with Crippen LogP contribution in [0.4, 0.5) is 0 Å². The molecule has 98 valence electrons. The van der Waals surface area contributed by atoms with E-state index in [1.807, 2.05) is 31.2 Å². The largest absolute Gasteiger partial charge is 0.338 e. The standard InChI is InChI=1S/C14H14N2O3/c1-8-4-6-11(7-5-8)13-15-14(19-16-13)12(9(2)17)10(3)18/h4-7,12H,1-3H3. The van der Waals surface area contributed by atoms with Crippen molar-refractivity contribution in [2.24, 2.45) is 0 Å². The van der Waals surface area contributed by atoms with Crippen molar-refractivity contribution in [3.63, 3.8) is 0 Å². The van der Waals surface area contributed by atoms with E-state index in [1.54, 1.807) is 0 Å². The molecule has 0 N–H and O–H groups in total. The molecule has 0 radical (unpaired) electrons. The minimum Gasteiger partial charge on any atom is -0.338 e. The predicted molar refractivity (Wildman–Crippen MR) is 68.6 cm³/mol. The van der Waals surface area contributed by atoms with Crippen LogP contribution in [-0.2, 0) is 9.59 Å². The molecule has 2 aromatic rings. The highest BCUT2D eigenvalue weighted by atomic mass is 16.5. The van der Waals surface area contributed by atoms with Gasteiger partial charge < -0.3 is 4.52 Å². The normalized spacial score (nSPS) is 10.7. The third-order valence-electron chi connectivity index (χ3n) is 2.81. The van der Waals surface area contributed by atoms with E-state index < -0.39 is 5.92 Å². The SMILES string of the molecule is CC(=O)C(C(C)=O)c1nc(-c2ccc(C)cc2)no1. The quantitative estimate of drug-likeness (QED) is 0.787. The van der Waals surface area contributed by atoms with Gasteiger partial charge in [-0.05, 0) is 20.8 Å². The molecule has 0 unspecified atom stereocenters. The van der Waals surface area contributed by atoms with Gasteiger partial charge in [-0.1, -0.05) is 35.0 Å². The third-order valence-corrected chi connectivity index (χ3v) is 2.81. The Morgan fingerprint density at radius 1 is 1.11 bits per heavy atom. The molecular weight excluding hydrogens is 244 g/mol. The zero-order chi connectivity index (χ0) is 14.0. The maximum atomic E-state index is 11.4. The van der Waals surface area contributed by atoms with Crippen LogP contribution in [0.2, 0.25) is 0 Å². The predicted octanol–water partition coefficient (Wildman–Crippen LogP) is 2.31. The summed E-state index contributed by atoms with van der Waals surface area (Å²) >= 11 is 0. The molecule has 19 heavy (non-hydrogen) atoms. The van der Waals surface area contributed by atoms with Gasteiger partial charge in [-0.2, -0.15) is 4.98 Å². The Bertz CT molecular complexity index is 600. The molecule has 1 aromatic heterocycles. The Morgan fingerprint density at radius 2 is 1.68 bits per heavy atom. The zero-order valence-corrected chi connectivity index (χ0v) is 11.0. The molecule has 0 saturated carbocycles. The summed E-state index contributed by atoms with van der Waals surface area (Å²) in [6.07, 6.45) is 0. The van der Waals surface area contributed by atoms with Crippen LogP contribution in [-0.4, -0.2) is 21.7 Å². The zero-order valence-electron chi connectivity index (χ0n) is 11.0. The van der Waals surface area contributed by atoms with Crippen LogP contribution in [0, 0.1) is 6.92 Å². The first-order valence-electron chi connectivity index (χ1n) is 5.90. The number of rotatable bonds is 4. The van der Waals surface area contributed by atoms with E-state index in [0.717, 1.165) is 11.1 Å². The fourth-order valence-corrected chi connectivity index (χ4v) is 1.81. The average molecular weight is 258 g/mol. The molecule has 1 heterocycles. The molecule has 2 rings (SSSR count). The summed E-state index contributed by atoms with van der Waals surface area (Å²) in [4.78, 5) is 27.0. The highest BCUT2D eigenvalue weighted by Crippen LogP contribution is 2.21. The van der Waals surface area contributed by atoms with Crippen LogP contribution in [0.5, 0.6) is 0 Å². The van der Waals surface area contributed by atoms with Crippen LogP contribution in [0.1, 0.15) is 31.2 Å². The monoisotopic (exact) mass is 258 g/mol. The number of benzene rings is 1. The number of ketones is 2. The molecule has 0 atom stereocenters. The van der Waals surface area contributed by atoms with Crippen molar-refractivity contribution >= 4 is 11.6 Å². The van der Waals surface area contributed by atoms with Gasteiger partial charge >= 0.3 is 0 Å². The lowest BCUT2D eigenvalue weighted by molar-refractivity contribution is -0.127. The number of hydrogen-bond donors (Lipinski definition) is 0. The lowest BCUT2D eigenvalue weighted by Gasteiger charge is -2.02. The molecule has 1 aromatic carbocycles. The minimum absolute atomic E-state index is 0.0515. The summed E-state index contributed by atoms with van der Waals surface area (Å²) < 4.78 is 5.03. The molecule has 0 aliphatic carbocycles. The third kappa shape index (κ3) is 2.76. The van der Waals surface area contributed by atoms with E-state index in [9.17, 15) is 9.59 Å². The molecule has 0 spiro atoms. The summed E-state index contributed by atoms with van der Waals surface area (Å²) in [5, 5.41) is 3.81. The molecular formula is C14H14N2O3.